The molecule has 0 fully saturated rings. The summed E-state index contributed by atoms with van der Waals surface area (Å²) >= 11 is 11.9. The van der Waals surface area contributed by atoms with Gasteiger partial charge in [-0.1, -0.05) is 47.5 Å². The molecule has 0 aliphatic rings. The maximum atomic E-state index is 10.0. The van der Waals surface area contributed by atoms with Crippen LogP contribution >= 0.6 is 23.2 Å². The van der Waals surface area contributed by atoms with Crippen molar-refractivity contribution in [2.24, 2.45) is 0 Å². The Balaban J connectivity index is 1.79. The van der Waals surface area contributed by atoms with Crippen LogP contribution in [0.25, 0.3) is 0 Å². The molecule has 1 atom stereocenters. The number of rotatable bonds is 6. The molecule has 2 aromatic rings. The first-order valence-corrected chi connectivity index (χ1v) is 7.20. The predicted molar refractivity (Wildman–Crippen MR) is 82.7 cm³/mol. The van der Waals surface area contributed by atoms with Gasteiger partial charge in [0.2, 0.25) is 0 Å². The van der Waals surface area contributed by atoms with Crippen molar-refractivity contribution in [1.82, 2.24) is 0 Å². The van der Waals surface area contributed by atoms with Gasteiger partial charge in [-0.2, -0.15) is 0 Å². The molecule has 2 rings (SSSR count). The number of hydrogen-bond donors (Lipinski definition) is 1. The van der Waals surface area contributed by atoms with Crippen molar-refractivity contribution in [2.75, 3.05) is 6.61 Å². The zero-order chi connectivity index (χ0) is 14.4. The maximum Gasteiger partial charge on any atom is 0.119 e. The Bertz CT molecular complexity index is 543. The van der Waals surface area contributed by atoms with E-state index in [4.69, 9.17) is 27.9 Å². The molecule has 0 aliphatic carbocycles. The summed E-state index contributed by atoms with van der Waals surface area (Å²) in [5, 5.41) is 11.2. The Morgan fingerprint density at radius 1 is 1.05 bits per heavy atom. The molecule has 1 N–H and O–H groups in total. The Kier molecular flexibility index (Phi) is 5.72. The summed E-state index contributed by atoms with van der Waals surface area (Å²) in [4.78, 5) is 0. The van der Waals surface area contributed by atoms with E-state index in [1.54, 1.807) is 12.1 Å². The highest BCUT2D eigenvalue weighted by Gasteiger charge is 2.09. The SMILES string of the molecule is OC(CCOc1ccccc1)Cc1ccc(Cl)cc1Cl. The van der Waals surface area contributed by atoms with Gasteiger partial charge in [-0.15, -0.1) is 0 Å². The highest BCUT2D eigenvalue weighted by molar-refractivity contribution is 6.35. The van der Waals surface area contributed by atoms with Gasteiger partial charge in [0.1, 0.15) is 5.75 Å². The van der Waals surface area contributed by atoms with Gasteiger partial charge in [0.05, 0.1) is 12.7 Å². The molecule has 4 heteroatoms. The molecule has 0 spiro atoms. The molecule has 2 aromatic carbocycles. The minimum atomic E-state index is -0.489. The van der Waals surface area contributed by atoms with Crippen molar-refractivity contribution in [2.45, 2.75) is 18.9 Å². The van der Waals surface area contributed by atoms with E-state index in [0.29, 0.717) is 29.5 Å². The lowest BCUT2D eigenvalue weighted by Crippen LogP contribution is -2.15. The van der Waals surface area contributed by atoms with Gasteiger partial charge in [0.15, 0.2) is 0 Å². The number of para-hydroxylation sites is 1. The topological polar surface area (TPSA) is 29.5 Å². The quantitative estimate of drug-likeness (QED) is 0.858. The Morgan fingerprint density at radius 3 is 2.50 bits per heavy atom. The second-order valence-corrected chi connectivity index (χ2v) is 5.39. The van der Waals surface area contributed by atoms with Crippen LogP contribution in [0.2, 0.25) is 10.0 Å². The van der Waals surface area contributed by atoms with E-state index >= 15 is 0 Å². The van der Waals surface area contributed by atoms with Crippen LogP contribution < -0.4 is 4.74 Å². The van der Waals surface area contributed by atoms with Crippen LogP contribution in [0.15, 0.2) is 48.5 Å². The molecule has 0 bridgehead atoms. The van der Waals surface area contributed by atoms with E-state index in [1.165, 1.54) is 0 Å². The summed E-state index contributed by atoms with van der Waals surface area (Å²) in [5.74, 6) is 0.809. The minimum Gasteiger partial charge on any atom is -0.493 e. The molecule has 2 nitrogen and oxygen atoms in total. The molecule has 0 saturated heterocycles. The Hall–Kier alpha value is -1.22. The first kappa shape index (κ1) is 15.2. The van der Waals surface area contributed by atoms with Crippen LogP contribution in [-0.2, 0) is 6.42 Å². The first-order valence-electron chi connectivity index (χ1n) is 6.45. The van der Waals surface area contributed by atoms with Crippen LogP contribution in [0.5, 0.6) is 5.75 Å². The Morgan fingerprint density at radius 2 is 1.80 bits per heavy atom. The maximum absolute atomic E-state index is 10.0. The minimum absolute atomic E-state index is 0.469. The summed E-state index contributed by atoms with van der Waals surface area (Å²) in [7, 11) is 0. The summed E-state index contributed by atoms with van der Waals surface area (Å²) < 4.78 is 5.55. The third kappa shape index (κ3) is 4.71. The van der Waals surface area contributed by atoms with Gasteiger partial charge < -0.3 is 9.84 Å². The van der Waals surface area contributed by atoms with Crippen molar-refractivity contribution in [3.63, 3.8) is 0 Å². The third-order valence-electron chi connectivity index (χ3n) is 2.93. The second kappa shape index (κ2) is 7.53. The van der Waals surface area contributed by atoms with Crippen molar-refractivity contribution in [3.8, 4) is 5.75 Å². The molecule has 0 radical (unpaired) electrons. The molecule has 0 aliphatic heterocycles. The van der Waals surface area contributed by atoms with Crippen molar-refractivity contribution >= 4 is 23.2 Å². The highest BCUT2D eigenvalue weighted by Crippen LogP contribution is 2.22. The van der Waals surface area contributed by atoms with Crippen molar-refractivity contribution in [1.29, 1.82) is 0 Å². The van der Waals surface area contributed by atoms with Gasteiger partial charge in [-0.25, -0.2) is 0 Å². The van der Waals surface area contributed by atoms with Crippen LogP contribution in [0.1, 0.15) is 12.0 Å². The van der Waals surface area contributed by atoms with E-state index < -0.39 is 6.10 Å². The second-order valence-electron chi connectivity index (χ2n) is 4.54. The lowest BCUT2D eigenvalue weighted by Gasteiger charge is -2.13. The average Bonchev–Trinajstić information content (AvgIpc) is 2.43. The van der Waals surface area contributed by atoms with Crippen molar-refractivity contribution < 1.29 is 9.84 Å². The zero-order valence-electron chi connectivity index (χ0n) is 10.9. The molecule has 0 heterocycles. The summed E-state index contributed by atoms with van der Waals surface area (Å²) in [6.07, 6.45) is 0.555. The van der Waals surface area contributed by atoms with E-state index in [9.17, 15) is 5.11 Å². The van der Waals surface area contributed by atoms with Crippen LogP contribution in [0.4, 0.5) is 0 Å². The molecular weight excluding hydrogens is 295 g/mol. The number of ether oxygens (including phenoxy) is 1. The highest BCUT2D eigenvalue weighted by atomic mass is 35.5. The number of aliphatic hydroxyl groups excluding tert-OH is 1. The van der Waals surface area contributed by atoms with Gasteiger partial charge >= 0.3 is 0 Å². The average molecular weight is 311 g/mol. The Labute approximate surface area is 128 Å². The molecule has 0 aromatic heterocycles. The normalized spacial score (nSPS) is 12.2. The van der Waals surface area contributed by atoms with Gasteiger partial charge in [-0.3, -0.25) is 0 Å². The largest absolute Gasteiger partial charge is 0.493 e. The molecular formula is C16H16Cl2O2. The monoisotopic (exact) mass is 310 g/mol. The van der Waals surface area contributed by atoms with E-state index in [0.717, 1.165) is 11.3 Å². The summed E-state index contributed by atoms with van der Waals surface area (Å²) in [6, 6.07) is 14.8. The molecule has 20 heavy (non-hydrogen) atoms. The fraction of sp³-hybridized carbons (Fsp3) is 0.250. The third-order valence-corrected chi connectivity index (χ3v) is 3.52. The van der Waals surface area contributed by atoms with Crippen molar-refractivity contribution in [3.05, 3.63) is 64.1 Å². The standard InChI is InChI=1S/C16H16Cl2O2/c17-13-7-6-12(16(18)11-13)10-14(19)8-9-20-15-4-2-1-3-5-15/h1-7,11,14,19H,8-10H2. The van der Waals surface area contributed by atoms with Crippen LogP contribution in [-0.4, -0.2) is 17.8 Å². The van der Waals surface area contributed by atoms with Gasteiger partial charge in [0, 0.05) is 16.5 Å². The van der Waals surface area contributed by atoms with E-state index in [2.05, 4.69) is 0 Å². The van der Waals surface area contributed by atoms with Gasteiger partial charge in [-0.05, 0) is 36.2 Å². The first-order chi connectivity index (χ1) is 9.65. The fourth-order valence-corrected chi connectivity index (χ4v) is 2.36. The molecule has 0 saturated carbocycles. The smallest absolute Gasteiger partial charge is 0.119 e. The molecule has 106 valence electrons. The van der Waals surface area contributed by atoms with Crippen LogP contribution in [0.3, 0.4) is 0 Å². The summed E-state index contributed by atoms with van der Waals surface area (Å²) in [5.41, 5.74) is 0.892. The molecule has 1 unspecified atom stereocenters. The lowest BCUT2D eigenvalue weighted by atomic mass is 10.1. The number of benzene rings is 2. The van der Waals surface area contributed by atoms with E-state index in [-0.39, 0.29) is 0 Å². The predicted octanol–water partition coefficient (Wildman–Crippen LogP) is 4.37. The number of aliphatic hydroxyl groups is 1. The number of halogens is 2. The zero-order valence-corrected chi connectivity index (χ0v) is 12.4. The fourth-order valence-electron chi connectivity index (χ4n) is 1.87. The molecule has 0 amide bonds. The lowest BCUT2D eigenvalue weighted by molar-refractivity contribution is 0.139. The van der Waals surface area contributed by atoms with Gasteiger partial charge in [0.25, 0.3) is 0 Å². The summed E-state index contributed by atoms with van der Waals surface area (Å²) in [6.45, 7) is 0.469. The number of hydrogen-bond acceptors (Lipinski definition) is 2. The van der Waals surface area contributed by atoms with Crippen LogP contribution in [0, 0.1) is 0 Å². The van der Waals surface area contributed by atoms with E-state index in [1.807, 2.05) is 36.4 Å².